The van der Waals surface area contributed by atoms with Gasteiger partial charge < -0.3 is 10.6 Å². The monoisotopic (exact) mass is 358 g/mol. The molecule has 2 aromatic rings. The Hall–Kier alpha value is -1.88. The molecule has 4 nitrogen and oxygen atoms in total. The van der Waals surface area contributed by atoms with E-state index >= 15 is 0 Å². The lowest BCUT2D eigenvalue weighted by molar-refractivity contribution is 0.508. The van der Waals surface area contributed by atoms with Crippen LogP contribution in [0.2, 0.25) is 0 Å². The van der Waals surface area contributed by atoms with Crippen molar-refractivity contribution in [2.24, 2.45) is 4.99 Å². The van der Waals surface area contributed by atoms with Crippen LogP contribution in [0.15, 0.2) is 40.7 Å². The van der Waals surface area contributed by atoms with Crippen molar-refractivity contribution < 1.29 is 0 Å². The molecule has 1 aromatic carbocycles. The lowest BCUT2D eigenvalue weighted by Crippen LogP contribution is -2.44. The predicted octanol–water partition coefficient (Wildman–Crippen LogP) is 3.95. The van der Waals surface area contributed by atoms with Crippen LogP contribution in [0.5, 0.6) is 0 Å². The minimum atomic E-state index is 0.0416. The normalized spacial score (nSPS) is 12.5. The highest BCUT2D eigenvalue weighted by Gasteiger charge is 2.20. The number of thiazole rings is 1. The number of guanidine groups is 1. The molecule has 0 radical (unpaired) electrons. The summed E-state index contributed by atoms with van der Waals surface area (Å²) in [5.74, 6) is 1.34. The first-order valence-corrected chi connectivity index (χ1v) is 9.74. The van der Waals surface area contributed by atoms with Crippen LogP contribution in [0.25, 0.3) is 0 Å². The Labute approximate surface area is 155 Å². The Balaban J connectivity index is 1.80. The summed E-state index contributed by atoms with van der Waals surface area (Å²) in [6.45, 7) is 10.5. The average Bonchev–Trinajstić information content (AvgIpc) is 3.08. The van der Waals surface area contributed by atoms with Gasteiger partial charge in [-0.3, -0.25) is 4.99 Å². The zero-order chi connectivity index (χ0) is 18.3. The topological polar surface area (TPSA) is 49.3 Å². The van der Waals surface area contributed by atoms with Gasteiger partial charge in [-0.1, -0.05) is 58.0 Å². The molecule has 0 unspecified atom stereocenters. The first-order chi connectivity index (χ1) is 11.9. The third-order valence-corrected chi connectivity index (χ3v) is 5.41. The van der Waals surface area contributed by atoms with Gasteiger partial charge in [-0.25, -0.2) is 4.98 Å². The summed E-state index contributed by atoms with van der Waals surface area (Å²) in [5.41, 5.74) is 2.52. The van der Waals surface area contributed by atoms with Crippen molar-refractivity contribution in [3.8, 4) is 0 Å². The molecular weight excluding hydrogens is 328 g/mol. The summed E-state index contributed by atoms with van der Waals surface area (Å²) >= 11 is 1.75. The van der Waals surface area contributed by atoms with Crippen molar-refractivity contribution in [1.82, 2.24) is 15.6 Å². The molecule has 0 aliphatic rings. The summed E-state index contributed by atoms with van der Waals surface area (Å²) in [6.07, 6.45) is 0.909. The lowest BCUT2D eigenvalue weighted by Gasteiger charge is -2.26. The van der Waals surface area contributed by atoms with E-state index in [2.05, 4.69) is 84.0 Å². The van der Waals surface area contributed by atoms with Crippen molar-refractivity contribution in [1.29, 1.82) is 0 Å². The molecule has 0 amide bonds. The Morgan fingerprint density at radius 3 is 2.52 bits per heavy atom. The van der Waals surface area contributed by atoms with Crippen LogP contribution in [-0.2, 0) is 11.8 Å². The fourth-order valence-electron chi connectivity index (χ4n) is 2.53. The number of aromatic nitrogens is 1. The van der Waals surface area contributed by atoms with Crippen LogP contribution in [0.1, 0.15) is 49.9 Å². The summed E-state index contributed by atoms with van der Waals surface area (Å²) < 4.78 is 0. The number of hydrogen-bond donors (Lipinski definition) is 2. The molecule has 0 fully saturated rings. The fraction of sp³-hybridized carbons (Fsp3) is 0.500. The zero-order valence-corrected chi connectivity index (χ0v) is 16.8. The molecule has 0 saturated carbocycles. The van der Waals surface area contributed by atoms with E-state index in [1.165, 1.54) is 10.6 Å². The van der Waals surface area contributed by atoms with Crippen LogP contribution >= 0.6 is 11.3 Å². The standard InChI is InChI=1S/C20H30N4S/c1-15(2)18-24-17(13-25-18)11-12-22-19(21-5)23-14-20(3,4)16-9-7-6-8-10-16/h6-10,13,15H,11-12,14H2,1-5H3,(H2,21,22,23). The number of aliphatic imine (C=N–C) groups is 1. The van der Waals surface area contributed by atoms with E-state index in [0.717, 1.165) is 31.2 Å². The third-order valence-electron chi connectivity index (χ3n) is 4.21. The molecular formula is C20H30N4S. The Morgan fingerprint density at radius 2 is 1.92 bits per heavy atom. The van der Waals surface area contributed by atoms with E-state index in [4.69, 9.17) is 0 Å². The van der Waals surface area contributed by atoms with Gasteiger partial charge in [-0.05, 0) is 5.56 Å². The third kappa shape index (κ3) is 5.85. The second-order valence-electron chi connectivity index (χ2n) is 7.18. The smallest absolute Gasteiger partial charge is 0.191 e. The summed E-state index contributed by atoms with van der Waals surface area (Å²) in [7, 11) is 1.81. The Bertz CT molecular complexity index is 674. The zero-order valence-electron chi connectivity index (χ0n) is 16.0. The molecule has 136 valence electrons. The van der Waals surface area contributed by atoms with Crippen LogP contribution in [-0.4, -0.2) is 31.1 Å². The minimum Gasteiger partial charge on any atom is -0.356 e. The summed E-state index contributed by atoms with van der Waals surface area (Å²) in [5, 5.41) is 10.2. The number of rotatable bonds is 7. The second kappa shape index (κ2) is 8.99. The van der Waals surface area contributed by atoms with Gasteiger partial charge >= 0.3 is 0 Å². The van der Waals surface area contributed by atoms with Crippen molar-refractivity contribution >= 4 is 17.3 Å². The van der Waals surface area contributed by atoms with Crippen molar-refractivity contribution in [2.75, 3.05) is 20.1 Å². The molecule has 0 saturated heterocycles. The molecule has 0 aliphatic heterocycles. The van der Waals surface area contributed by atoms with Gasteiger partial charge in [0.05, 0.1) is 10.7 Å². The maximum atomic E-state index is 4.68. The second-order valence-corrected chi connectivity index (χ2v) is 8.07. The van der Waals surface area contributed by atoms with Crippen LogP contribution in [0.3, 0.4) is 0 Å². The molecule has 1 heterocycles. The highest BCUT2D eigenvalue weighted by Crippen LogP contribution is 2.21. The molecule has 0 spiro atoms. The molecule has 5 heteroatoms. The number of benzene rings is 1. The van der Waals surface area contributed by atoms with Crippen molar-refractivity contribution in [3.05, 3.63) is 52.0 Å². The van der Waals surface area contributed by atoms with E-state index in [0.29, 0.717) is 5.92 Å². The lowest BCUT2D eigenvalue weighted by atomic mass is 9.85. The van der Waals surface area contributed by atoms with E-state index < -0.39 is 0 Å². The summed E-state index contributed by atoms with van der Waals surface area (Å²) in [4.78, 5) is 9.00. The SMILES string of the molecule is CN=C(NCCc1csc(C(C)C)n1)NCC(C)(C)c1ccccc1. The molecule has 2 N–H and O–H groups in total. The van der Waals surface area contributed by atoms with E-state index in [1.807, 2.05) is 7.05 Å². The van der Waals surface area contributed by atoms with Crippen LogP contribution in [0, 0.1) is 0 Å². The molecule has 2 rings (SSSR count). The number of hydrogen-bond acceptors (Lipinski definition) is 3. The van der Waals surface area contributed by atoms with Gasteiger partial charge in [0.25, 0.3) is 0 Å². The van der Waals surface area contributed by atoms with Gasteiger partial charge in [0, 0.05) is 43.3 Å². The van der Waals surface area contributed by atoms with Crippen LogP contribution < -0.4 is 10.6 Å². The van der Waals surface area contributed by atoms with Gasteiger partial charge in [0.15, 0.2) is 5.96 Å². The van der Waals surface area contributed by atoms with Crippen LogP contribution in [0.4, 0.5) is 0 Å². The Morgan fingerprint density at radius 1 is 1.20 bits per heavy atom. The van der Waals surface area contributed by atoms with Gasteiger partial charge in [-0.15, -0.1) is 11.3 Å². The molecule has 25 heavy (non-hydrogen) atoms. The molecule has 0 atom stereocenters. The van der Waals surface area contributed by atoms with E-state index in [9.17, 15) is 0 Å². The molecule has 0 aliphatic carbocycles. The number of nitrogens with zero attached hydrogens (tertiary/aromatic N) is 2. The van der Waals surface area contributed by atoms with Crippen molar-refractivity contribution in [3.63, 3.8) is 0 Å². The largest absolute Gasteiger partial charge is 0.356 e. The predicted molar refractivity (Wildman–Crippen MR) is 109 cm³/mol. The highest BCUT2D eigenvalue weighted by atomic mass is 32.1. The number of nitrogens with one attached hydrogen (secondary N) is 2. The average molecular weight is 359 g/mol. The van der Waals surface area contributed by atoms with Gasteiger partial charge in [0.1, 0.15) is 0 Å². The van der Waals surface area contributed by atoms with E-state index in [-0.39, 0.29) is 5.41 Å². The first-order valence-electron chi connectivity index (χ1n) is 8.86. The van der Waals surface area contributed by atoms with Gasteiger partial charge in [0.2, 0.25) is 0 Å². The Kier molecular flexibility index (Phi) is 7.00. The van der Waals surface area contributed by atoms with Crippen molar-refractivity contribution in [2.45, 2.75) is 45.4 Å². The van der Waals surface area contributed by atoms with E-state index in [1.54, 1.807) is 11.3 Å². The quantitative estimate of drug-likeness (QED) is 0.582. The molecule has 0 bridgehead atoms. The first kappa shape index (κ1) is 19.4. The highest BCUT2D eigenvalue weighted by molar-refractivity contribution is 7.09. The minimum absolute atomic E-state index is 0.0416. The fourth-order valence-corrected chi connectivity index (χ4v) is 3.40. The summed E-state index contributed by atoms with van der Waals surface area (Å²) in [6, 6.07) is 10.6. The maximum absolute atomic E-state index is 4.68. The molecule has 1 aromatic heterocycles. The maximum Gasteiger partial charge on any atom is 0.191 e. The van der Waals surface area contributed by atoms with Gasteiger partial charge in [-0.2, -0.15) is 0 Å².